The maximum Gasteiger partial charge on any atom is 0.0802 e. The smallest absolute Gasteiger partial charge is 0.0802 e. The molecule has 12 heavy (non-hydrogen) atoms. The summed E-state index contributed by atoms with van der Waals surface area (Å²) in [7, 11) is 0. The van der Waals surface area contributed by atoms with E-state index < -0.39 is 6.10 Å². The molecule has 0 aliphatic rings. The van der Waals surface area contributed by atoms with Crippen molar-refractivity contribution in [2.45, 2.75) is 6.10 Å². The molecule has 0 fully saturated rings. The predicted molar refractivity (Wildman–Crippen MR) is 47.3 cm³/mol. The Morgan fingerprint density at radius 2 is 1.67 bits per heavy atom. The van der Waals surface area contributed by atoms with Gasteiger partial charge in [-0.25, -0.2) is 0 Å². The van der Waals surface area contributed by atoms with Crippen LogP contribution in [0.1, 0.15) is 0 Å². The van der Waals surface area contributed by atoms with Crippen molar-refractivity contribution in [1.82, 2.24) is 4.90 Å². The van der Waals surface area contributed by atoms with Gasteiger partial charge in [0.25, 0.3) is 0 Å². The van der Waals surface area contributed by atoms with E-state index in [2.05, 4.69) is 0 Å². The van der Waals surface area contributed by atoms with Crippen molar-refractivity contribution < 1.29 is 15.3 Å². The number of rotatable bonds is 7. The van der Waals surface area contributed by atoms with E-state index in [1.165, 1.54) is 0 Å². The summed E-state index contributed by atoms with van der Waals surface area (Å²) in [6.45, 7) is 1.34. The Kier molecular flexibility index (Phi) is 7.85. The number of nitrogens with zero attached hydrogens (tertiary/aromatic N) is 1. The second-order valence-electron chi connectivity index (χ2n) is 2.56. The fourth-order valence-electron chi connectivity index (χ4n) is 0.924. The van der Waals surface area contributed by atoms with Crippen molar-refractivity contribution in [1.29, 1.82) is 0 Å². The van der Waals surface area contributed by atoms with Gasteiger partial charge in [0.05, 0.1) is 19.3 Å². The normalized spacial score (nSPS) is 13.8. The first-order chi connectivity index (χ1) is 5.74. The van der Waals surface area contributed by atoms with Crippen LogP contribution in [0.4, 0.5) is 0 Å². The second kappa shape index (κ2) is 7.76. The molecule has 0 heterocycles. The molecular formula is C7H16ClNO3. The van der Waals surface area contributed by atoms with E-state index in [1.807, 2.05) is 0 Å². The molecule has 3 N–H and O–H groups in total. The molecule has 5 heteroatoms. The SMILES string of the molecule is OCCN(CCO)CC(O)CCl. The number of aliphatic hydroxyl groups excluding tert-OH is 3. The van der Waals surface area contributed by atoms with Crippen molar-refractivity contribution in [2.75, 3.05) is 38.7 Å². The number of aliphatic hydroxyl groups is 3. The van der Waals surface area contributed by atoms with E-state index >= 15 is 0 Å². The summed E-state index contributed by atoms with van der Waals surface area (Å²) in [5, 5.41) is 26.4. The highest BCUT2D eigenvalue weighted by Crippen LogP contribution is 1.94. The Morgan fingerprint density at radius 3 is 2.00 bits per heavy atom. The molecule has 0 aromatic rings. The quantitative estimate of drug-likeness (QED) is 0.452. The highest BCUT2D eigenvalue weighted by molar-refractivity contribution is 6.18. The van der Waals surface area contributed by atoms with Crippen LogP contribution in [0.2, 0.25) is 0 Å². The first kappa shape index (κ1) is 12.1. The van der Waals surface area contributed by atoms with Crippen LogP contribution in [0.3, 0.4) is 0 Å². The number of hydrogen-bond donors (Lipinski definition) is 3. The molecule has 74 valence electrons. The van der Waals surface area contributed by atoms with Crippen LogP contribution in [0.15, 0.2) is 0 Å². The van der Waals surface area contributed by atoms with Crippen LogP contribution < -0.4 is 0 Å². The van der Waals surface area contributed by atoms with Crippen LogP contribution in [0.25, 0.3) is 0 Å². The lowest BCUT2D eigenvalue weighted by molar-refractivity contribution is 0.0988. The molecule has 0 spiro atoms. The first-order valence-corrected chi connectivity index (χ1v) is 4.46. The number of alkyl halides is 1. The fraction of sp³-hybridized carbons (Fsp3) is 1.00. The molecule has 0 saturated carbocycles. The van der Waals surface area contributed by atoms with Crippen LogP contribution in [0, 0.1) is 0 Å². The van der Waals surface area contributed by atoms with Crippen LogP contribution in [-0.2, 0) is 0 Å². The van der Waals surface area contributed by atoms with Gasteiger partial charge in [0.2, 0.25) is 0 Å². The van der Waals surface area contributed by atoms with Gasteiger partial charge in [-0.3, -0.25) is 4.90 Å². The zero-order valence-corrected chi connectivity index (χ0v) is 7.74. The lowest BCUT2D eigenvalue weighted by Gasteiger charge is -2.22. The van der Waals surface area contributed by atoms with Crippen molar-refractivity contribution in [3.63, 3.8) is 0 Å². The van der Waals surface area contributed by atoms with E-state index in [9.17, 15) is 0 Å². The topological polar surface area (TPSA) is 63.9 Å². The molecule has 0 aromatic heterocycles. The van der Waals surface area contributed by atoms with Crippen LogP contribution in [-0.4, -0.2) is 65.1 Å². The Hall–Kier alpha value is 0.130. The predicted octanol–water partition coefficient (Wildman–Crippen LogP) is -1.13. The summed E-state index contributed by atoms with van der Waals surface area (Å²) in [4.78, 5) is 1.76. The minimum Gasteiger partial charge on any atom is -0.395 e. The summed E-state index contributed by atoms with van der Waals surface area (Å²) < 4.78 is 0. The van der Waals surface area contributed by atoms with E-state index in [0.29, 0.717) is 19.6 Å². The van der Waals surface area contributed by atoms with Crippen molar-refractivity contribution in [2.24, 2.45) is 0 Å². The molecule has 1 atom stereocenters. The molecule has 0 aromatic carbocycles. The van der Waals surface area contributed by atoms with Gasteiger partial charge < -0.3 is 15.3 Å². The summed E-state index contributed by atoms with van der Waals surface area (Å²) in [5.41, 5.74) is 0. The third kappa shape index (κ3) is 5.74. The van der Waals surface area contributed by atoms with E-state index in [-0.39, 0.29) is 19.1 Å². The standard InChI is InChI=1S/C7H16ClNO3/c8-5-7(12)6-9(1-3-10)2-4-11/h7,10-12H,1-6H2. The summed E-state index contributed by atoms with van der Waals surface area (Å²) >= 11 is 5.39. The molecular weight excluding hydrogens is 182 g/mol. The number of hydrogen-bond acceptors (Lipinski definition) is 4. The maximum atomic E-state index is 9.14. The maximum absolute atomic E-state index is 9.14. The molecule has 0 bridgehead atoms. The summed E-state index contributed by atoms with van der Waals surface area (Å²) in [6, 6.07) is 0. The molecule has 0 rings (SSSR count). The molecule has 0 amide bonds. The average Bonchev–Trinajstić information content (AvgIpc) is 2.05. The Balaban J connectivity index is 3.61. The highest BCUT2D eigenvalue weighted by Gasteiger charge is 2.09. The van der Waals surface area contributed by atoms with Gasteiger partial charge in [0, 0.05) is 25.5 Å². The lowest BCUT2D eigenvalue weighted by atomic mass is 10.3. The first-order valence-electron chi connectivity index (χ1n) is 3.92. The van der Waals surface area contributed by atoms with Gasteiger partial charge in [0.15, 0.2) is 0 Å². The molecule has 1 unspecified atom stereocenters. The summed E-state index contributed by atoms with van der Waals surface area (Å²) in [5.74, 6) is 0.174. The molecule has 0 aliphatic heterocycles. The van der Waals surface area contributed by atoms with Gasteiger partial charge in [-0.2, -0.15) is 0 Å². The van der Waals surface area contributed by atoms with Crippen molar-refractivity contribution in [3.05, 3.63) is 0 Å². The Bertz CT molecular complexity index is 98.7. The second-order valence-corrected chi connectivity index (χ2v) is 2.86. The summed E-state index contributed by atoms with van der Waals surface area (Å²) in [6.07, 6.45) is -0.593. The average molecular weight is 198 g/mol. The van der Waals surface area contributed by atoms with Gasteiger partial charge in [-0.15, -0.1) is 11.6 Å². The largest absolute Gasteiger partial charge is 0.395 e. The van der Waals surface area contributed by atoms with Crippen LogP contribution in [0.5, 0.6) is 0 Å². The Labute approximate surface area is 77.4 Å². The van der Waals surface area contributed by atoms with Gasteiger partial charge in [-0.05, 0) is 0 Å². The van der Waals surface area contributed by atoms with E-state index in [0.717, 1.165) is 0 Å². The van der Waals surface area contributed by atoms with E-state index in [4.69, 9.17) is 26.9 Å². The zero-order chi connectivity index (χ0) is 9.40. The highest BCUT2D eigenvalue weighted by atomic mass is 35.5. The third-order valence-corrected chi connectivity index (χ3v) is 1.84. The minimum absolute atomic E-state index is 0.0228. The van der Waals surface area contributed by atoms with Crippen molar-refractivity contribution in [3.8, 4) is 0 Å². The lowest BCUT2D eigenvalue weighted by Crippen LogP contribution is -2.37. The minimum atomic E-state index is -0.593. The fourth-order valence-corrected chi connectivity index (χ4v) is 1.02. The van der Waals surface area contributed by atoms with Gasteiger partial charge in [0.1, 0.15) is 0 Å². The third-order valence-electron chi connectivity index (χ3n) is 1.48. The Morgan fingerprint density at radius 1 is 1.17 bits per heavy atom. The van der Waals surface area contributed by atoms with Gasteiger partial charge in [-0.1, -0.05) is 0 Å². The van der Waals surface area contributed by atoms with Gasteiger partial charge >= 0.3 is 0 Å². The van der Waals surface area contributed by atoms with Crippen LogP contribution >= 0.6 is 11.6 Å². The monoisotopic (exact) mass is 197 g/mol. The molecule has 0 saturated heterocycles. The van der Waals surface area contributed by atoms with E-state index in [1.54, 1.807) is 4.90 Å². The number of halogens is 1. The molecule has 4 nitrogen and oxygen atoms in total. The molecule has 0 radical (unpaired) electrons. The zero-order valence-electron chi connectivity index (χ0n) is 6.99. The van der Waals surface area contributed by atoms with Crippen molar-refractivity contribution >= 4 is 11.6 Å². The molecule has 0 aliphatic carbocycles.